The summed E-state index contributed by atoms with van der Waals surface area (Å²) >= 11 is 0. The van der Waals surface area contributed by atoms with Crippen molar-refractivity contribution in [3.8, 4) is 0 Å². The molecule has 0 aromatic carbocycles. The third kappa shape index (κ3) is 3.93. The lowest BCUT2D eigenvalue weighted by atomic mass is 10.0. The van der Waals surface area contributed by atoms with Crippen LogP contribution in [0.3, 0.4) is 0 Å². The maximum atomic E-state index is 5.82. The Kier molecular flexibility index (Phi) is 4.69. The summed E-state index contributed by atoms with van der Waals surface area (Å²) in [5, 5.41) is 3.29. The zero-order valence-electron chi connectivity index (χ0n) is 12.4. The third-order valence-electron chi connectivity index (χ3n) is 4.08. The fourth-order valence-corrected chi connectivity index (χ4v) is 2.90. The number of nitrogen functional groups attached to an aromatic ring is 1. The molecule has 2 aliphatic rings. The predicted molar refractivity (Wildman–Crippen MR) is 82.3 cm³/mol. The van der Waals surface area contributed by atoms with Gasteiger partial charge >= 0.3 is 0 Å². The van der Waals surface area contributed by atoms with Crippen molar-refractivity contribution in [2.24, 2.45) is 5.92 Å². The monoisotopic (exact) mass is 292 g/mol. The Labute approximate surface area is 125 Å². The van der Waals surface area contributed by atoms with Crippen LogP contribution >= 0.6 is 0 Å². The molecule has 0 saturated carbocycles. The first-order valence-corrected chi connectivity index (χ1v) is 7.89. The van der Waals surface area contributed by atoms with Gasteiger partial charge in [0.2, 0.25) is 17.8 Å². The first kappa shape index (κ1) is 14.3. The van der Waals surface area contributed by atoms with E-state index in [2.05, 4.69) is 25.2 Å². The van der Waals surface area contributed by atoms with Crippen LogP contribution in [0.25, 0.3) is 0 Å². The quantitative estimate of drug-likeness (QED) is 0.864. The maximum absolute atomic E-state index is 5.82. The molecule has 2 saturated heterocycles. The van der Waals surface area contributed by atoms with Crippen molar-refractivity contribution in [1.29, 1.82) is 0 Å². The highest BCUT2D eigenvalue weighted by Gasteiger charge is 2.17. The summed E-state index contributed by atoms with van der Waals surface area (Å²) in [6, 6.07) is 0. The van der Waals surface area contributed by atoms with Gasteiger partial charge in [0.05, 0.1) is 6.61 Å². The number of anilines is 3. The topological polar surface area (TPSA) is 89.2 Å². The Bertz CT molecular complexity index is 457. The van der Waals surface area contributed by atoms with E-state index >= 15 is 0 Å². The summed E-state index contributed by atoms with van der Waals surface area (Å²) in [5.74, 6) is 2.08. The highest BCUT2D eigenvalue weighted by Crippen LogP contribution is 2.18. The van der Waals surface area contributed by atoms with Crippen LogP contribution in [-0.4, -0.2) is 47.8 Å². The zero-order valence-corrected chi connectivity index (χ0v) is 12.4. The van der Waals surface area contributed by atoms with E-state index in [9.17, 15) is 0 Å². The van der Waals surface area contributed by atoms with E-state index in [0.717, 1.165) is 39.3 Å². The average molecular weight is 292 g/mol. The molecule has 0 radical (unpaired) electrons. The Morgan fingerprint density at radius 2 is 2.00 bits per heavy atom. The predicted octanol–water partition coefficient (Wildman–Crippen LogP) is 1.28. The highest BCUT2D eigenvalue weighted by atomic mass is 16.5. The Morgan fingerprint density at radius 3 is 2.76 bits per heavy atom. The largest absolute Gasteiger partial charge is 0.381 e. The van der Waals surface area contributed by atoms with Crippen LogP contribution in [0.4, 0.5) is 17.8 Å². The SMILES string of the molecule is Nc1nc(NCC2CCCOC2)nc(N2CCCCC2)n1. The van der Waals surface area contributed by atoms with E-state index < -0.39 is 0 Å². The second kappa shape index (κ2) is 6.89. The van der Waals surface area contributed by atoms with Crippen LogP contribution in [0.15, 0.2) is 0 Å². The summed E-state index contributed by atoms with van der Waals surface area (Å²) < 4.78 is 5.49. The van der Waals surface area contributed by atoms with Crippen molar-refractivity contribution < 1.29 is 4.74 Å². The van der Waals surface area contributed by atoms with Gasteiger partial charge < -0.3 is 20.7 Å². The molecule has 1 unspecified atom stereocenters. The molecule has 1 aromatic heterocycles. The van der Waals surface area contributed by atoms with Gasteiger partial charge in [-0.1, -0.05) is 0 Å². The summed E-state index contributed by atoms with van der Waals surface area (Å²) in [7, 11) is 0. The van der Waals surface area contributed by atoms with Gasteiger partial charge in [-0.3, -0.25) is 0 Å². The molecule has 21 heavy (non-hydrogen) atoms. The van der Waals surface area contributed by atoms with Crippen LogP contribution in [0.5, 0.6) is 0 Å². The Morgan fingerprint density at radius 1 is 1.14 bits per heavy atom. The molecule has 3 heterocycles. The molecule has 2 aliphatic heterocycles. The van der Waals surface area contributed by atoms with Gasteiger partial charge in [-0.05, 0) is 38.0 Å². The van der Waals surface area contributed by atoms with E-state index in [0.29, 0.717) is 17.8 Å². The van der Waals surface area contributed by atoms with Crippen LogP contribution < -0.4 is 16.0 Å². The summed E-state index contributed by atoms with van der Waals surface area (Å²) in [5.41, 5.74) is 5.82. The van der Waals surface area contributed by atoms with Crippen molar-refractivity contribution in [2.45, 2.75) is 32.1 Å². The molecular weight excluding hydrogens is 268 g/mol. The van der Waals surface area contributed by atoms with Crippen LogP contribution in [0.2, 0.25) is 0 Å². The van der Waals surface area contributed by atoms with E-state index in [1.54, 1.807) is 0 Å². The highest BCUT2D eigenvalue weighted by molar-refractivity contribution is 5.42. The second-order valence-electron chi connectivity index (χ2n) is 5.83. The van der Waals surface area contributed by atoms with Crippen LogP contribution in [-0.2, 0) is 4.74 Å². The Hall–Kier alpha value is -1.63. The molecule has 2 fully saturated rings. The fraction of sp³-hybridized carbons (Fsp3) is 0.786. The number of hydrogen-bond acceptors (Lipinski definition) is 7. The van der Waals surface area contributed by atoms with Crippen LogP contribution in [0.1, 0.15) is 32.1 Å². The third-order valence-corrected chi connectivity index (χ3v) is 4.08. The molecule has 1 aromatic rings. The molecule has 3 N–H and O–H groups in total. The van der Waals surface area contributed by atoms with Gasteiger partial charge in [0.1, 0.15) is 0 Å². The number of aromatic nitrogens is 3. The molecule has 7 nitrogen and oxygen atoms in total. The van der Waals surface area contributed by atoms with E-state index in [1.807, 2.05) is 0 Å². The molecule has 116 valence electrons. The van der Waals surface area contributed by atoms with Gasteiger partial charge in [-0.15, -0.1) is 0 Å². The summed E-state index contributed by atoms with van der Waals surface area (Å²) in [6.45, 7) is 4.52. The number of hydrogen-bond donors (Lipinski definition) is 2. The lowest BCUT2D eigenvalue weighted by Crippen LogP contribution is -2.32. The Balaban J connectivity index is 1.62. The van der Waals surface area contributed by atoms with Gasteiger partial charge in [-0.2, -0.15) is 15.0 Å². The van der Waals surface area contributed by atoms with Crippen molar-refractivity contribution >= 4 is 17.8 Å². The van der Waals surface area contributed by atoms with E-state index in [4.69, 9.17) is 10.5 Å². The smallest absolute Gasteiger partial charge is 0.231 e. The minimum atomic E-state index is 0.285. The summed E-state index contributed by atoms with van der Waals surface area (Å²) in [4.78, 5) is 15.2. The number of nitrogens with two attached hydrogens (primary N) is 1. The van der Waals surface area contributed by atoms with Crippen molar-refractivity contribution in [3.05, 3.63) is 0 Å². The molecule has 0 spiro atoms. The lowest BCUT2D eigenvalue weighted by molar-refractivity contribution is 0.0594. The number of ether oxygens (including phenoxy) is 1. The minimum Gasteiger partial charge on any atom is -0.381 e. The molecule has 0 aliphatic carbocycles. The average Bonchev–Trinajstić information content (AvgIpc) is 2.54. The van der Waals surface area contributed by atoms with Gasteiger partial charge in [0.15, 0.2) is 0 Å². The standard InChI is InChI=1S/C14H24N6O/c15-12-17-13(16-9-11-5-4-8-21-10-11)19-14(18-12)20-6-2-1-3-7-20/h11H,1-10H2,(H3,15,16,17,18,19). The van der Waals surface area contributed by atoms with Gasteiger partial charge in [0.25, 0.3) is 0 Å². The molecule has 1 atom stereocenters. The molecule has 0 bridgehead atoms. The first-order valence-electron chi connectivity index (χ1n) is 7.89. The second-order valence-corrected chi connectivity index (χ2v) is 5.83. The molecule has 7 heteroatoms. The summed E-state index contributed by atoms with van der Waals surface area (Å²) in [6.07, 6.45) is 5.97. The van der Waals surface area contributed by atoms with Gasteiger partial charge in [0, 0.05) is 26.2 Å². The first-order chi connectivity index (χ1) is 10.3. The normalized spacial score (nSPS) is 23.0. The number of nitrogens with zero attached hydrogens (tertiary/aromatic N) is 4. The number of piperidine rings is 1. The maximum Gasteiger partial charge on any atom is 0.231 e. The molecular formula is C14H24N6O. The van der Waals surface area contributed by atoms with Crippen molar-refractivity contribution in [1.82, 2.24) is 15.0 Å². The minimum absolute atomic E-state index is 0.285. The van der Waals surface area contributed by atoms with E-state index in [1.165, 1.54) is 25.7 Å². The lowest BCUT2D eigenvalue weighted by Gasteiger charge is -2.27. The van der Waals surface area contributed by atoms with Gasteiger partial charge in [-0.25, -0.2) is 0 Å². The molecule has 0 amide bonds. The molecule has 3 rings (SSSR count). The number of nitrogens with one attached hydrogen (secondary N) is 1. The van der Waals surface area contributed by atoms with Crippen LogP contribution in [0, 0.1) is 5.92 Å². The zero-order chi connectivity index (χ0) is 14.5. The fourth-order valence-electron chi connectivity index (χ4n) is 2.90. The number of rotatable bonds is 4. The van der Waals surface area contributed by atoms with Crippen molar-refractivity contribution in [3.63, 3.8) is 0 Å². The van der Waals surface area contributed by atoms with Crippen molar-refractivity contribution in [2.75, 3.05) is 48.8 Å². The van der Waals surface area contributed by atoms with E-state index in [-0.39, 0.29) is 5.95 Å².